The van der Waals surface area contributed by atoms with Crippen LogP contribution >= 0.6 is 11.3 Å². The standard InChI is InChI=1S/C13H13N3O3S/c1-16(2)9-5-3-4-8(6-9)10-7-20-13(14-10)15-11(17)12(18)19/h3-7H,1-2H3,(H,18,19)(H,14,15,17). The van der Waals surface area contributed by atoms with Crippen LogP contribution in [0.5, 0.6) is 0 Å². The van der Waals surface area contributed by atoms with Gasteiger partial charge in [-0.25, -0.2) is 9.78 Å². The summed E-state index contributed by atoms with van der Waals surface area (Å²) in [5, 5.41) is 12.8. The molecule has 0 fully saturated rings. The molecular weight excluding hydrogens is 278 g/mol. The Balaban J connectivity index is 2.22. The van der Waals surface area contributed by atoms with Crippen LogP contribution in [0.25, 0.3) is 11.3 Å². The van der Waals surface area contributed by atoms with Crippen molar-refractivity contribution in [2.75, 3.05) is 24.3 Å². The number of aliphatic carboxylic acids is 1. The molecule has 2 aromatic rings. The first-order chi connectivity index (χ1) is 9.47. The molecule has 1 aromatic heterocycles. The second-order valence-corrected chi connectivity index (χ2v) is 5.10. The Hall–Kier alpha value is -2.41. The predicted octanol–water partition coefficient (Wildman–Crippen LogP) is 1.90. The minimum Gasteiger partial charge on any atom is -0.474 e. The molecule has 0 aliphatic rings. The largest absolute Gasteiger partial charge is 0.474 e. The van der Waals surface area contributed by atoms with Crippen LogP contribution in [0.15, 0.2) is 29.6 Å². The number of carbonyl (C=O) groups excluding carboxylic acids is 1. The molecule has 104 valence electrons. The second-order valence-electron chi connectivity index (χ2n) is 4.24. The second kappa shape index (κ2) is 5.70. The van der Waals surface area contributed by atoms with Crippen LogP contribution in [0.2, 0.25) is 0 Å². The number of nitrogens with zero attached hydrogens (tertiary/aromatic N) is 2. The van der Waals surface area contributed by atoms with E-state index in [-0.39, 0.29) is 5.13 Å². The van der Waals surface area contributed by atoms with E-state index in [0.29, 0.717) is 5.69 Å². The van der Waals surface area contributed by atoms with Gasteiger partial charge in [-0.2, -0.15) is 0 Å². The van der Waals surface area contributed by atoms with Gasteiger partial charge in [0.2, 0.25) is 0 Å². The van der Waals surface area contributed by atoms with Gasteiger partial charge in [0.15, 0.2) is 5.13 Å². The summed E-state index contributed by atoms with van der Waals surface area (Å²) in [5.41, 5.74) is 2.63. The zero-order valence-electron chi connectivity index (χ0n) is 11.0. The summed E-state index contributed by atoms with van der Waals surface area (Å²) in [6.45, 7) is 0. The van der Waals surface area contributed by atoms with Gasteiger partial charge in [-0.3, -0.25) is 10.1 Å². The summed E-state index contributed by atoms with van der Waals surface area (Å²) in [5.74, 6) is -2.62. The molecule has 1 aromatic carbocycles. The Bertz CT molecular complexity index is 652. The summed E-state index contributed by atoms with van der Waals surface area (Å²) >= 11 is 1.18. The quantitative estimate of drug-likeness (QED) is 0.844. The topological polar surface area (TPSA) is 82.5 Å². The molecule has 0 saturated carbocycles. The van der Waals surface area contributed by atoms with Crippen molar-refractivity contribution in [1.82, 2.24) is 4.98 Å². The molecule has 1 amide bonds. The van der Waals surface area contributed by atoms with Crippen LogP contribution in [-0.2, 0) is 9.59 Å². The molecule has 0 aliphatic heterocycles. The summed E-state index contributed by atoms with van der Waals surface area (Å²) in [6, 6.07) is 7.77. The van der Waals surface area contributed by atoms with Gasteiger partial charge in [0.05, 0.1) is 5.69 Å². The summed E-state index contributed by atoms with van der Waals surface area (Å²) < 4.78 is 0. The number of amides is 1. The fourth-order valence-electron chi connectivity index (χ4n) is 1.56. The number of nitrogens with one attached hydrogen (secondary N) is 1. The minimum atomic E-state index is -1.53. The molecule has 2 N–H and O–H groups in total. The Morgan fingerprint density at radius 3 is 2.75 bits per heavy atom. The smallest absolute Gasteiger partial charge is 0.394 e. The molecule has 7 heteroatoms. The van der Waals surface area contributed by atoms with E-state index in [1.54, 1.807) is 5.38 Å². The molecule has 0 bridgehead atoms. The molecular formula is C13H13N3O3S. The third-order valence-electron chi connectivity index (χ3n) is 2.58. The molecule has 0 atom stereocenters. The molecule has 0 spiro atoms. The zero-order chi connectivity index (χ0) is 14.7. The van der Waals surface area contributed by atoms with Gasteiger partial charge in [0, 0.05) is 30.7 Å². The molecule has 0 radical (unpaired) electrons. The van der Waals surface area contributed by atoms with E-state index < -0.39 is 11.9 Å². The Morgan fingerprint density at radius 2 is 2.10 bits per heavy atom. The van der Waals surface area contributed by atoms with Crippen molar-refractivity contribution >= 4 is 34.0 Å². The molecule has 0 saturated heterocycles. The number of hydrogen-bond acceptors (Lipinski definition) is 5. The number of benzene rings is 1. The highest BCUT2D eigenvalue weighted by Crippen LogP contribution is 2.27. The van der Waals surface area contributed by atoms with Crippen molar-refractivity contribution in [1.29, 1.82) is 0 Å². The first-order valence-corrected chi connectivity index (χ1v) is 6.63. The highest BCUT2D eigenvalue weighted by molar-refractivity contribution is 7.14. The molecule has 6 nitrogen and oxygen atoms in total. The molecule has 2 rings (SSSR count). The Labute approximate surface area is 119 Å². The van der Waals surface area contributed by atoms with Crippen molar-refractivity contribution in [3.05, 3.63) is 29.6 Å². The van der Waals surface area contributed by atoms with Crippen LogP contribution in [0.1, 0.15) is 0 Å². The van der Waals surface area contributed by atoms with Gasteiger partial charge in [-0.1, -0.05) is 12.1 Å². The Morgan fingerprint density at radius 1 is 1.35 bits per heavy atom. The zero-order valence-corrected chi connectivity index (χ0v) is 11.8. The van der Waals surface area contributed by atoms with Gasteiger partial charge in [-0.15, -0.1) is 11.3 Å². The molecule has 0 unspecified atom stereocenters. The van der Waals surface area contributed by atoms with Crippen LogP contribution in [0, 0.1) is 0 Å². The van der Waals surface area contributed by atoms with Gasteiger partial charge in [0.1, 0.15) is 0 Å². The SMILES string of the molecule is CN(C)c1cccc(-c2csc(NC(=O)C(=O)O)n2)c1. The maximum Gasteiger partial charge on any atom is 0.394 e. The number of carboxylic acid groups (broad SMARTS) is 1. The third kappa shape index (κ3) is 3.12. The number of carboxylic acids is 1. The first-order valence-electron chi connectivity index (χ1n) is 5.75. The lowest BCUT2D eigenvalue weighted by molar-refractivity contribution is -0.147. The normalized spacial score (nSPS) is 10.1. The average Bonchev–Trinajstić information content (AvgIpc) is 2.87. The van der Waals surface area contributed by atoms with E-state index in [2.05, 4.69) is 10.3 Å². The van der Waals surface area contributed by atoms with Crippen molar-refractivity contribution in [2.45, 2.75) is 0 Å². The first kappa shape index (κ1) is 14.0. The van der Waals surface area contributed by atoms with Gasteiger partial charge < -0.3 is 10.0 Å². The van der Waals surface area contributed by atoms with E-state index in [4.69, 9.17) is 5.11 Å². The lowest BCUT2D eigenvalue weighted by Gasteiger charge is -2.12. The van der Waals surface area contributed by atoms with Crippen LogP contribution in [-0.4, -0.2) is 36.1 Å². The van der Waals surface area contributed by atoms with Crippen molar-refractivity contribution < 1.29 is 14.7 Å². The number of aromatic nitrogens is 1. The number of hydrogen-bond donors (Lipinski definition) is 2. The maximum atomic E-state index is 11.1. The van der Waals surface area contributed by atoms with E-state index in [1.165, 1.54) is 11.3 Å². The third-order valence-corrected chi connectivity index (χ3v) is 3.33. The number of rotatable bonds is 3. The van der Waals surface area contributed by atoms with Crippen LogP contribution in [0.3, 0.4) is 0 Å². The van der Waals surface area contributed by atoms with E-state index >= 15 is 0 Å². The average molecular weight is 291 g/mol. The highest BCUT2D eigenvalue weighted by atomic mass is 32.1. The van der Waals surface area contributed by atoms with E-state index in [0.717, 1.165) is 11.3 Å². The van der Waals surface area contributed by atoms with Gasteiger partial charge in [-0.05, 0) is 12.1 Å². The monoisotopic (exact) mass is 291 g/mol. The summed E-state index contributed by atoms with van der Waals surface area (Å²) in [6.07, 6.45) is 0. The van der Waals surface area contributed by atoms with E-state index in [1.807, 2.05) is 43.3 Å². The lowest BCUT2D eigenvalue weighted by Crippen LogP contribution is -2.21. The molecule has 1 heterocycles. The summed E-state index contributed by atoms with van der Waals surface area (Å²) in [7, 11) is 3.89. The Kier molecular flexibility index (Phi) is 3.99. The maximum absolute atomic E-state index is 11.1. The predicted molar refractivity (Wildman–Crippen MR) is 78.1 cm³/mol. The molecule has 0 aliphatic carbocycles. The van der Waals surface area contributed by atoms with Crippen molar-refractivity contribution in [2.24, 2.45) is 0 Å². The number of thiazole rings is 1. The van der Waals surface area contributed by atoms with Crippen molar-refractivity contribution in [3.63, 3.8) is 0 Å². The number of anilines is 2. The van der Waals surface area contributed by atoms with Gasteiger partial charge in [0.25, 0.3) is 0 Å². The minimum absolute atomic E-state index is 0.266. The lowest BCUT2D eigenvalue weighted by atomic mass is 10.1. The van der Waals surface area contributed by atoms with Crippen LogP contribution in [0.4, 0.5) is 10.8 Å². The fourth-order valence-corrected chi connectivity index (χ4v) is 2.27. The highest BCUT2D eigenvalue weighted by Gasteiger charge is 2.14. The van der Waals surface area contributed by atoms with E-state index in [9.17, 15) is 9.59 Å². The molecule has 20 heavy (non-hydrogen) atoms. The number of carbonyl (C=O) groups is 2. The van der Waals surface area contributed by atoms with Crippen molar-refractivity contribution in [3.8, 4) is 11.3 Å². The fraction of sp³-hybridized carbons (Fsp3) is 0.154. The van der Waals surface area contributed by atoms with Crippen LogP contribution < -0.4 is 10.2 Å². The van der Waals surface area contributed by atoms with Gasteiger partial charge >= 0.3 is 11.9 Å². The summed E-state index contributed by atoms with van der Waals surface area (Å²) in [4.78, 5) is 27.7.